The van der Waals surface area contributed by atoms with Crippen LogP contribution >= 0.6 is 0 Å². The van der Waals surface area contributed by atoms with Crippen LogP contribution in [0.25, 0.3) is 0 Å². The standard InChI is InChI=1S/C25H33NO3/c1-18-7-9-19(10-8-18)17-26-15-14-25(27)13-5-4-6-22(25)24(26)21-16-20(28-2)11-12-23(21)29-3/h7-12,16,22,24,27H,4-6,13-15,17H2,1-3H3/p+1/t22-,24+,25+/m0/s1. The van der Waals surface area contributed by atoms with Crippen molar-refractivity contribution in [1.82, 2.24) is 0 Å². The van der Waals surface area contributed by atoms with E-state index in [1.54, 1.807) is 14.2 Å². The minimum absolute atomic E-state index is 0.195. The van der Waals surface area contributed by atoms with E-state index in [1.807, 2.05) is 12.1 Å². The zero-order valence-corrected chi connectivity index (χ0v) is 17.9. The fourth-order valence-corrected chi connectivity index (χ4v) is 5.54. The first-order valence-electron chi connectivity index (χ1n) is 10.9. The molecule has 0 bridgehead atoms. The molecule has 29 heavy (non-hydrogen) atoms. The Morgan fingerprint density at radius 2 is 1.83 bits per heavy atom. The van der Waals surface area contributed by atoms with E-state index in [0.29, 0.717) is 0 Å². The van der Waals surface area contributed by atoms with Crippen LogP contribution in [-0.2, 0) is 6.54 Å². The third kappa shape index (κ3) is 4.01. The molecule has 0 radical (unpaired) electrons. The van der Waals surface area contributed by atoms with Gasteiger partial charge in [-0.2, -0.15) is 0 Å². The van der Waals surface area contributed by atoms with E-state index in [0.717, 1.165) is 50.3 Å². The number of aliphatic hydroxyl groups is 1. The van der Waals surface area contributed by atoms with E-state index in [-0.39, 0.29) is 12.0 Å². The average molecular weight is 397 g/mol. The van der Waals surface area contributed by atoms with Gasteiger partial charge in [0, 0.05) is 17.9 Å². The number of aryl methyl sites for hydroxylation is 1. The van der Waals surface area contributed by atoms with Gasteiger partial charge in [0.25, 0.3) is 0 Å². The largest absolute Gasteiger partial charge is 0.497 e. The van der Waals surface area contributed by atoms with Crippen molar-refractivity contribution in [3.05, 3.63) is 59.2 Å². The highest BCUT2D eigenvalue weighted by Gasteiger charge is 2.52. The summed E-state index contributed by atoms with van der Waals surface area (Å²) in [5.41, 5.74) is 3.24. The molecule has 0 amide bonds. The molecule has 1 heterocycles. The van der Waals surface area contributed by atoms with Gasteiger partial charge in [-0.05, 0) is 38.0 Å². The molecule has 1 saturated heterocycles. The van der Waals surface area contributed by atoms with Crippen LogP contribution in [0.3, 0.4) is 0 Å². The number of nitrogens with one attached hydrogen (secondary N) is 1. The molecule has 2 aromatic rings. The van der Waals surface area contributed by atoms with Gasteiger partial charge in [0.05, 0.1) is 31.9 Å². The van der Waals surface area contributed by atoms with Gasteiger partial charge in [-0.25, -0.2) is 0 Å². The molecule has 0 aromatic heterocycles. The smallest absolute Gasteiger partial charge is 0.128 e. The van der Waals surface area contributed by atoms with Crippen LogP contribution in [0.4, 0.5) is 0 Å². The summed E-state index contributed by atoms with van der Waals surface area (Å²) in [4.78, 5) is 1.51. The Kier molecular flexibility index (Phi) is 5.84. The number of methoxy groups -OCH3 is 2. The molecule has 4 heteroatoms. The summed E-state index contributed by atoms with van der Waals surface area (Å²) in [5, 5.41) is 11.5. The van der Waals surface area contributed by atoms with Gasteiger partial charge in [0.1, 0.15) is 24.1 Å². The van der Waals surface area contributed by atoms with Crippen LogP contribution in [0.2, 0.25) is 0 Å². The van der Waals surface area contributed by atoms with Gasteiger partial charge in [0.2, 0.25) is 0 Å². The SMILES string of the molecule is COc1ccc(OC)c([C@@H]2[C@@H]3CCCC[C@@]3(O)CC[NH+]2Cc2ccc(C)cc2)c1. The minimum atomic E-state index is -0.562. The highest BCUT2D eigenvalue weighted by Crippen LogP contribution is 2.46. The van der Waals surface area contributed by atoms with Crippen molar-refractivity contribution in [2.24, 2.45) is 5.92 Å². The molecule has 2 aromatic carbocycles. The topological polar surface area (TPSA) is 43.1 Å². The summed E-state index contributed by atoms with van der Waals surface area (Å²) in [6.45, 7) is 4.05. The van der Waals surface area contributed by atoms with Crippen molar-refractivity contribution >= 4 is 0 Å². The van der Waals surface area contributed by atoms with Crippen LogP contribution < -0.4 is 14.4 Å². The molecule has 1 unspecified atom stereocenters. The van der Waals surface area contributed by atoms with Crippen molar-refractivity contribution in [3.8, 4) is 11.5 Å². The lowest BCUT2D eigenvalue weighted by molar-refractivity contribution is -0.958. The summed E-state index contributed by atoms with van der Waals surface area (Å²) in [6.07, 6.45) is 5.18. The van der Waals surface area contributed by atoms with E-state index in [2.05, 4.69) is 37.3 Å². The number of likely N-dealkylation sites (tertiary alicyclic amines) is 1. The lowest BCUT2D eigenvalue weighted by Crippen LogP contribution is -3.13. The van der Waals surface area contributed by atoms with Gasteiger partial charge < -0.3 is 19.5 Å². The molecule has 4 rings (SSSR count). The molecule has 4 atom stereocenters. The predicted octanol–water partition coefficient (Wildman–Crippen LogP) is 3.46. The van der Waals surface area contributed by atoms with Crippen LogP contribution in [0.1, 0.15) is 54.8 Å². The highest BCUT2D eigenvalue weighted by atomic mass is 16.5. The lowest BCUT2D eigenvalue weighted by Gasteiger charge is -2.50. The first-order chi connectivity index (χ1) is 14.0. The van der Waals surface area contributed by atoms with Gasteiger partial charge in [-0.3, -0.25) is 0 Å². The third-order valence-electron chi connectivity index (χ3n) is 7.11. The van der Waals surface area contributed by atoms with E-state index in [4.69, 9.17) is 9.47 Å². The Morgan fingerprint density at radius 3 is 2.55 bits per heavy atom. The van der Waals surface area contributed by atoms with Crippen molar-refractivity contribution in [3.63, 3.8) is 0 Å². The van der Waals surface area contributed by atoms with Gasteiger partial charge in [0.15, 0.2) is 0 Å². The Hall–Kier alpha value is -2.04. The van der Waals surface area contributed by atoms with E-state index in [1.165, 1.54) is 28.0 Å². The molecule has 2 N–H and O–H groups in total. The van der Waals surface area contributed by atoms with E-state index in [9.17, 15) is 5.11 Å². The van der Waals surface area contributed by atoms with Crippen LogP contribution in [0.5, 0.6) is 11.5 Å². The first kappa shape index (κ1) is 20.2. The molecular weight excluding hydrogens is 362 g/mol. The van der Waals surface area contributed by atoms with Crippen molar-refractivity contribution in [2.45, 2.75) is 57.2 Å². The molecule has 0 spiro atoms. The van der Waals surface area contributed by atoms with Crippen LogP contribution in [0, 0.1) is 12.8 Å². The maximum absolute atomic E-state index is 11.5. The molecule has 1 saturated carbocycles. The summed E-state index contributed by atoms with van der Waals surface area (Å²) in [5.74, 6) is 1.99. The molecule has 156 valence electrons. The zero-order chi connectivity index (χ0) is 20.4. The summed E-state index contributed by atoms with van der Waals surface area (Å²) in [6, 6.07) is 15.1. The van der Waals surface area contributed by atoms with Crippen molar-refractivity contribution in [2.75, 3.05) is 20.8 Å². The van der Waals surface area contributed by atoms with Crippen LogP contribution in [-0.4, -0.2) is 31.5 Å². The fraction of sp³-hybridized carbons (Fsp3) is 0.520. The Bertz CT molecular complexity index is 834. The van der Waals surface area contributed by atoms with Crippen LogP contribution in [0.15, 0.2) is 42.5 Å². The number of rotatable bonds is 5. The Morgan fingerprint density at radius 1 is 1.03 bits per heavy atom. The second-order valence-electron chi connectivity index (χ2n) is 8.86. The number of ether oxygens (including phenoxy) is 2. The van der Waals surface area contributed by atoms with E-state index < -0.39 is 5.60 Å². The molecule has 2 fully saturated rings. The predicted molar refractivity (Wildman–Crippen MR) is 115 cm³/mol. The number of benzene rings is 2. The molecule has 2 aliphatic rings. The zero-order valence-electron chi connectivity index (χ0n) is 17.9. The maximum Gasteiger partial charge on any atom is 0.128 e. The summed E-state index contributed by atoms with van der Waals surface area (Å²) in [7, 11) is 3.45. The number of fused-ring (bicyclic) bond motifs is 1. The van der Waals surface area contributed by atoms with Gasteiger partial charge in [-0.1, -0.05) is 42.7 Å². The second-order valence-corrected chi connectivity index (χ2v) is 8.86. The van der Waals surface area contributed by atoms with E-state index >= 15 is 0 Å². The van der Waals surface area contributed by atoms with Gasteiger partial charge in [-0.15, -0.1) is 0 Å². The quantitative estimate of drug-likeness (QED) is 0.813. The monoisotopic (exact) mass is 396 g/mol. The number of piperidine rings is 1. The Balaban J connectivity index is 1.75. The molecule has 1 aliphatic carbocycles. The number of hydrogen-bond acceptors (Lipinski definition) is 3. The average Bonchev–Trinajstić information content (AvgIpc) is 2.74. The Labute approximate surface area is 174 Å². The number of hydrogen-bond donors (Lipinski definition) is 2. The van der Waals surface area contributed by atoms with Crippen molar-refractivity contribution < 1.29 is 19.5 Å². The molecule has 4 nitrogen and oxygen atoms in total. The summed E-state index contributed by atoms with van der Waals surface area (Å²) >= 11 is 0. The highest BCUT2D eigenvalue weighted by molar-refractivity contribution is 5.42. The minimum Gasteiger partial charge on any atom is -0.497 e. The lowest BCUT2D eigenvalue weighted by atomic mass is 9.66. The maximum atomic E-state index is 11.5. The number of quaternary nitrogens is 1. The molecular formula is C25H34NO3+. The van der Waals surface area contributed by atoms with Gasteiger partial charge >= 0.3 is 0 Å². The normalized spacial score (nSPS) is 29.2. The molecule has 1 aliphatic heterocycles. The second kappa shape index (κ2) is 8.37. The third-order valence-corrected chi connectivity index (χ3v) is 7.11. The first-order valence-corrected chi connectivity index (χ1v) is 10.9. The van der Waals surface area contributed by atoms with Crippen molar-refractivity contribution in [1.29, 1.82) is 0 Å². The fourth-order valence-electron chi connectivity index (χ4n) is 5.54. The summed E-state index contributed by atoms with van der Waals surface area (Å²) < 4.78 is 11.3.